The predicted octanol–water partition coefficient (Wildman–Crippen LogP) is 0.839. The first-order chi connectivity index (χ1) is 9.02. The first kappa shape index (κ1) is 15.4. The average molecular weight is 270 g/mol. The van der Waals surface area contributed by atoms with Crippen LogP contribution >= 0.6 is 0 Å². The van der Waals surface area contributed by atoms with Crippen LogP contribution in [0.3, 0.4) is 0 Å². The van der Waals surface area contributed by atoms with Gasteiger partial charge in [-0.3, -0.25) is 4.79 Å². The average Bonchev–Trinajstić information content (AvgIpc) is 2.33. The summed E-state index contributed by atoms with van der Waals surface area (Å²) in [5.41, 5.74) is -0.337. The second-order valence-electron chi connectivity index (χ2n) is 4.31. The van der Waals surface area contributed by atoms with Crippen molar-refractivity contribution < 1.29 is 19.0 Å². The van der Waals surface area contributed by atoms with E-state index in [-0.39, 0.29) is 17.9 Å². The van der Waals surface area contributed by atoms with Gasteiger partial charge in [-0.15, -0.1) is 0 Å². The fourth-order valence-corrected chi connectivity index (χ4v) is 1.41. The van der Waals surface area contributed by atoms with Crippen molar-refractivity contribution in [2.75, 3.05) is 40.4 Å². The fraction of sp³-hybridized carbons (Fsp3) is 0.462. The van der Waals surface area contributed by atoms with E-state index in [4.69, 9.17) is 4.74 Å². The van der Waals surface area contributed by atoms with Crippen molar-refractivity contribution in [3.05, 3.63) is 29.6 Å². The van der Waals surface area contributed by atoms with Crippen LogP contribution in [0, 0.1) is 5.82 Å². The Morgan fingerprint density at radius 2 is 2.16 bits per heavy atom. The van der Waals surface area contributed by atoms with E-state index < -0.39 is 11.7 Å². The van der Waals surface area contributed by atoms with Gasteiger partial charge in [0, 0.05) is 13.1 Å². The summed E-state index contributed by atoms with van der Waals surface area (Å²) in [5.74, 6) is -1.76. The zero-order valence-corrected chi connectivity index (χ0v) is 11.1. The summed E-state index contributed by atoms with van der Waals surface area (Å²) in [6.07, 6.45) is 0. The maximum absolute atomic E-state index is 13.4. The van der Waals surface area contributed by atoms with Crippen LogP contribution in [-0.2, 0) is 4.74 Å². The molecular formula is C13H19FN2O3. The third kappa shape index (κ3) is 5.23. The van der Waals surface area contributed by atoms with Crippen LogP contribution in [0.15, 0.2) is 18.2 Å². The first-order valence-electron chi connectivity index (χ1n) is 6.00. The summed E-state index contributed by atoms with van der Waals surface area (Å²) in [5, 5.41) is 11.9. The summed E-state index contributed by atoms with van der Waals surface area (Å²) >= 11 is 0. The van der Waals surface area contributed by atoms with Crippen LogP contribution in [0.5, 0.6) is 5.75 Å². The SMILES string of the molecule is CN(C)CCOCCNC(=O)c1c(O)cccc1F. The van der Waals surface area contributed by atoms with Crippen LogP contribution in [0.2, 0.25) is 0 Å². The van der Waals surface area contributed by atoms with Gasteiger partial charge in [-0.1, -0.05) is 6.07 Å². The number of carbonyl (C=O) groups excluding carboxylic acids is 1. The lowest BCUT2D eigenvalue weighted by Crippen LogP contribution is -2.29. The maximum atomic E-state index is 13.4. The van der Waals surface area contributed by atoms with Crippen LogP contribution < -0.4 is 5.32 Å². The molecule has 0 unspecified atom stereocenters. The molecule has 1 rings (SSSR count). The molecule has 0 aliphatic heterocycles. The summed E-state index contributed by atoms with van der Waals surface area (Å²) in [4.78, 5) is 13.6. The fourth-order valence-electron chi connectivity index (χ4n) is 1.41. The number of likely N-dealkylation sites (N-methyl/N-ethyl adjacent to an activating group) is 1. The Labute approximate surface area is 112 Å². The standard InChI is InChI=1S/C13H19FN2O3/c1-16(2)7-9-19-8-6-15-13(18)12-10(14)4-3-5-11(12)17/h3-5,17H,6-9H2,1-2H3,(H,15,18). The van der Waals surface area contributed by atoms with Gasteiger partial charge in [0.05, 0.1) is 13.2 Å². The summed E-state index contributed by atoms with van der Waals surface area (Å²) in [6, 6.07) is 3.74. The lowest BCUT2D eigenvalue weighted by molar-refractivity contribution is 0.0894. The lowest BCUT2D eigenvalue weighted by Gasteiger charge is -2.10. The number of nitrogens with one attached hydrogen (secondary N) is 1. The number of phenolic OH excluding ortho intramolecular Hbond substituents is 1. The zero-order valence-electron chi connectivity index (χ0n) is 11.1. The van der Waals surface area contributed by atoms with Crippen molar-refractivity contribution in [2.45, 2.75) is 0 Å². The van der Waals surface area contributed by atoms with Crippen molar-refractivity contribution in [3.63, 3.8) is 0 Å². The minimum atomic E-state index is -0.744. The quantitative estimate of drug-likeness (QED) is 0.721. The molecule has 2 N–H and O–H groups in total. The molecule has 106 valence electrons. The van der Waals surface area contributed by atoms with Gasteiger partial charge in [0.2, 0.25) is 0 Å². The number of amides is 1. The van der Waals surface area contributed by atoms with E-state index in [1.54, 1.807) is 0 Å². The third-order valence-electron chi connectivity index (χ3n) is 2.43. The summed E-state index contributed by atoms with van der Waals surface area (Å²) < 4.78 is 18.6. The van der Waals surface area contributed by atoms with Crippen molar-refractivity contribution in [2.24, 2.45) is 0 Å². The van der Waals surface area contributed by atoms with E-state index in [0.29, 0.717) is 13.2 Å². The molecule has 5 nitrogen and oxygen atoms in total. The Morgan fingerprint density at radius 3 is 2.79 bits per heavy atom. The molecule has 19 heavy (non-hydrogen) atoms. The van der Waals surface area contributed by atoms with Crippen molar-refractivity contribution in [1.82, 2.24) is 10.2 Å². The number of hydrogen-bond donors (Lipinski definition) is 2. The number of halogens is 1. The second-order valence-corrected chi connectivity index (χ2v) is 4.31. The van der Waals surface area contributed by atoms with E-state index in [1.807, 2.05) is 19.0 Å². The molecule has 1 aromatic carbocycles. The molecule has 0 atom stereocenters. The molecule has 0 aliphatic rings. The molecule has 0 fully saturated rings. The van der Waals surface area contributed by atoms with Crippen molar-refractivity contribution in [1.29, 1.82) is 0 Å². The van der Waals surface area contributed by atoms with Crippen LogP contribution in [0.1, 0.15) is 10.4 Å². The van der Waals surface area contributed by atoms with Crippen LogP contribution in [0.4, 0.5) is 4.39 Å². The van der Waals surface area contributed by atoms with E-state index in [9.17, 15) is 14.3 Å². The Bertz CT molecular complexity index is 404. The minimum absolute atomic E-state index is 0.264. The normalized spacial score (nSPS) is 10.7. The van der Waals surface area contributed by atoms with Gasteiger partial charge in [-0.05, 0) is 26.2 Å². The van der Waals surface area contributed by atoms with E-state index >= 15 is 0 Å². The number of ether oxygens (including phenoxy) is 1. The molecule has 0 saturated carbocycles. The summed E-state index contributed by atoms with van der Waals surface area (Å²) in [7, 11) is 3.87. The smallest absolute Gasteiger partial charge is 0.258 e. The summed E-state index contributed by atoms with van der Waals surface area (Å²) in [6.45, 7) is 1.96. The number of benzene rings is 1. The molecule has 0 radical (unpaired) electrons. The first-order valence-corrected chi connectivity index (χ1v) is 6.00. The van der Waals surface area contributed by atoms with Gasteiger partial charge in [-0.2, -0.15) is 0 Å². The Balaban J connectivity index is 2.32. The topological polar surface area (TPSA) is 61.8 Å². The van der Waals surface area contributed by atoms with Crippen molar-refractivity contribution >= 4 is 5.91 Å². The molecule has 1 aromatic rings. The largest absolute Gasteiger partial charge is 0.507 e. The molecule has 1 amide bonds. The molecule has 0 bridgehead atoms. The van der Waals surface area contributed by atoms with Crippen LogP contribution in [0.25, 0.3) is 0 Å². The molecule has 0 saturated heterocycles. The number of aromatic hydroxyl groups is 1. The molecule has 0 heterocycles. The Hall–Kier alpha value is -1.66. The highest BCUT2D eigenvalue weighted by Gasteiger charge is 2.15. The van der Waals surface area contributed by atoms with Gasteiger partial charge in [0.25, 0.3) is 5.91 Å². The number of phenols is 1. The van der Waals surface area contributed by atoms with E-state index in [0.717, 1.165) is 12.6 Å². The highest BCUT2D eigenvalue weighted by atomic mass is 19.1. The number of carbonyl (C=O) groups is 1. The van der Waals surface area contributed by atoms with E-state index in [2.05, 4.69) is 5.32 Å². The van der Waals surface area contributed by atoms with Crippen LogP contribution in [-0.4, -0.2) is 56.3 Å². The second kappa shape index (κ2) is 7.70. The highest BCUT2D eigenvalue weighted by molar-refractivity contribution is 5.97. The van der Waals surface area contributed by atoms with Crippen molar-refractivity contribution in [3.8, 4) is 5.75 Å². The number of nitrogens with zero attached hydrogens (tertiary/aromatic N) is 1. The molecule has 6 heteroatoms. The maximum Gasteiger partial charge on any atom is 0.258 e. The number of hydrogen-bond acceptors (Lipinski definition) is 4. The monoisotopic (exact) mass is 270 g/mol. The number of rotatable bonds is 7. The Kier molecular flexibility index (Phi) is 6.24. The minimum Gasteiger partial charge on any atom is -0.507 e. The Morgan fingerprint density at radius 1 is 1.42 bits per heavy atom. The molecule has 0 aliphatic carbocycles. The zero-order chi connectivity index (χ0) is 14.3. The molecular weight excluding hydrogens is 251 g/mol. The lowest BCUT2D eigenvalue weighted by atomic mass is 10.2. The van der Waals surface area contributed by atoms with Gasteiger partial charge >= 0.3 is 0 Å². The highest BCUT2D eigenvalue weighted by Crippen LogP contribution is 2.19. The van der Waals surface area contributed by atoms with E-state index in [1.165, 1.54) is 12.1 Å². The predicted molar refractivity (Wildman–Crippen MR) is 69.8 cm³/mol. The van der Waals surface area contributed by atoms with Gasteiger partial charge < -0.3 is 20.1 Å². The third-order valence-corrected chi connectivity index (χ3v) is 2.43. The molecule has 0 aromatic heterocycles. The van der Waals surface area contributed by atoms with Gasteiger partial charge in [-0.25, -0.2) is 4.39 Å². The van der Waals surface area contributed by atoms with Gasteiger partial charge in [0.1, 0.15) is 17.1 Å². The van der Waals surface area contributed by atoms with Gasteiger partial charge in [0.15, 0.2) is 0 Å². The molecule has 0 spiro atoms.